The summed E-state index contributed by atoms with van der Waals surface area (Å²) in [7, 11) is 0. The second-order valence-electron chi connectivity index (χ2n) is 7.16. The maximum Gasteiger partial charge on any atom is 0.262 e. The van der Waals surface area contributed by atoms with Crippen molar-refractivity contribution in [2.24, 2.45) is 5.41 Å². The van der Waals surface area contributed by atoms with E-state index >= 15 is 0 Å². The van der Waals surface area contributed by atoms with E-state index in [1.54, 1.807) is 4.90 Å². The normalized spacial score (nSPS) is 29.7. The van der Waals surface area contributed by atoms with Crippen LogP contribution in [0.2, 0.25) is 0 Å². The summed E-state index contributed by atoms with van der Waals surface area (Å²) in [6, 6.07) is 9.36. The molecule has 1 aromatic rings. The summed E-state index contributed by atoms with van der Waals surface area (Å²) in [6.45, 7) is 5.07. The Labute approximate surface area is 129 Å². The first-order valence-corrected chi connectivity index (χ1v) is 7.73. The van der Waals surface area contributed by atoms with E-state index in [1.807, 2.05) is 18.2 Å². The van der Waals surface area contributed by atoms with Gasteiger partial charge in [0, 0.05) is 25.4 Å². The Bertz CT molecular complexity index is 559. The van der Waals surface area contributed by atoms with Crippen molar-refractivity contribution in [3.63, 3.8) is 0 Å². The van der Waals surface area contributed by atoms with Crippen LogP contribution in [0.25, 0.3) is 0 Å². The summed E-state index contributed by atoms with van der Waals surface area (Å²) in [5.41, 5.74) is 1.14. The van der Waals surface area contributed by atoms with Crippen LogP contribution in [0.3, 0.4) is 0 Å². The lowest BCUT2D eigenvalue weighted by Crippen LogP contribution is -2.43. The lowest BCUT2D eigenvalue weighted by atomic mass is 9.78. The van der Waals surface area contributed by atoms with Gasteiger partial charge in [0.15, 0.2) is 0 Å². The van der Waals surface area contributed by atoms with Crippen molar-refractivity contribution in [2.75, 3.05) is 19.6 Å². The largest absolute Gasteiger partial charge is 0.340 e. The standard InChI is InChI=1S/C17H22F2N2O/c1-16(2)11-21(9-13(16)12-6-4-3-5-7-12)15(22)14-8-17(18,19)10-20-14/h3-7,13-14,20H,8-11H2,1-2H3. The molecule has 0 saturated carbocycles. The fraction of sp³-hybridized carbons (Fsp3) is 0.588. The highest BCUT2D eigenvalue weighted by atomic mass is 19.3. The highest BCUT2D eigenvalue weighted by Crippen LogP contribution is 2.42. The third kappa shape index (κ3) is 2.86. The monoisotopic (exact) mass is 308 g/mol. The van der Waals surface area contributed by atoms with Crippen molar-refractivity contribution in [3.05, 3.63) is 35.9 Å². The van der Waals surface area contributed by atoms with Crippen LogP contribution in [0.5, 0.6) is 0 Å². The molecule has 2 fully saturated rings. The maximum absolute atomic E-state index is 13.3. The summed E-state index contributed by atoms with van der Waals surface area (Å²) in [4.78, 5) is 14.3. The van der Waals surface area contributed by atoms with Crippen molar-refractivity contribution in [3.8, 4) is 0 Å². The first-order valence-electron chi connectivity index (χ1n) is 7.73. The Morgan fingerprint density at radius 3 is 2.55 bits per heavy atom. The van der Waals surface area contributed by atoms with E-state index in [-0.39, 0.29) is 17.2 Å². The third-order valence-corrected chi connectivity index (χ3v) is 4.87. The van der Waals surface area contributed by atoms with E-state index in [2.05, 4.69) is 31.3 Å². The molecule has 0 spiro atoms. The van der Waals surface area contributed by atoms with Gasteiger partial charge in [-0.1, -0.05) is 44.2 Å². The summed E-state index contributed by atoms with van der Waals surface area (Å²) in [6.07, 6.45) is -0.390. The van der Waals surface area contributed by atoms with Crippen LogP contribution in [0, 0.1) is 5.41 Å². The summed E-state index contributed by atoms with van der Waals surface area (Å²) in [5, 5.41) is 2.66. The van der Waals surface area contributed by atoms with Crippen LogP contribution in [-0.2, 0) is 4.79 Å². The third-order valence-electron chi connectivity index (χ3n) is 4.87. The number of carbonyl (C=O) groups is 1. The number of nitrogens with zero attached hydrogens (tertiary/aromatic N) is 1. The number of alkyl halides is 2. The molecular formula is C17H22F2N2O. The lowest BCUT2D eigenvalue weighted by molar-refractivity contribution is -0.133. The van der Waals surface area contributed by atoms with E-state index in [4.69, 9.17) is 0 Å². The second-order valence-corrected chi connectivity index (χ2v) is 7.16. The first-order chi connectivity index (χ1) is 10.3. The van der Waals surface area contributed by atoms with E-state index in [0.29, 0.717) is 13.1 Å². The highest BCUT2D eigenvalue weighted by Gasteiger charge is 2.47. The van der Waals surface area contributed by atoms with Gasteiger partial charge >= 0.3 is 0 Å². The number of hydrogen-bond acceptors (Lipinski definition) is 2. The minimum atomic E-state index is -2.77. The Morgan fingerprint density at radius 2 is 1.95 bits per heavy atom. The predicted molar refractivity (Wildman–Crippen MR) is 80.9 cm³/mol. The van der Waals surface area contributed by atoms with Crippen LogP contribution in [-0.4, -0.2) is 42.4 Å². The summed E-state index contributed by atoms with van der Waals surface area (Å²) < 4.78 is 26.6. The molecule has 1 N–H and O–H groups in total. The molecule has 2 unspecified atom stereocenters. The van der Waals surface area contributed by atoms with Crippen molar-refractivity contribution >= 4 is 5.91 Å². The zero-order chi connectivity index (χ0) is 16.0. The quantitative estimate of drug-likeness (QED) is 0.911. The summed E-state index contributed by atoms with van der Waals surface area (Å²) in [5.74, 6) is -2.72. The molecule has 2 heterocycles. The lowest BCUT2D eigenvalue weighted by Gasteiger charge is -2.25. The minimum Gasteiger partial charge on any atom is -0.340 e. The van der Waals surface area contributed by atoms with Crippen LogP contribution in [0.4, 0.5) is 8.78 Å². The van der Waals surface area contributed by atoms with E-state index < -0.39 is 24.9 Å². The Morgan fingerprint density at radius 1 is 1.27 bits per heavy atom. The maximum atomic E-state index is 13.3. The zero-order valence-corrected chi connectivity index (χ0v) is 13.0. The molecule has 1 amide bonds. The smallest absolute Gasteiger partial charge is 0.262 e. The van der Waals surface area contributed by atoms with Gasteiger partial charge in [0.2, 0.25) is 5.91 Å². The fourth-order valence-electron chi connectivity index (χ4n) is 3.65. The van der Waals surface area contributed by atoms with E-state index in [0.717, 1.165) is 0 Å². The van der Waals surface area contributed by atoms with Gasteiger partial charge in [0.05, 0.1) is 12.6 Å². The summed E-state index contributed by atoms with van der Waals surface area (Å²) >= 11 is 0. The predicted octanol–water partition coefficient (Wildman–Crippen LogP) is 2.64. The first kappa shape index (κ1) is 15.4. The van der Waals surface area contributed by atoms with Gasteiger partial charge < -0.3 is 4.90 Å². The average Bonchev–Trinajstić information content (AvgIpc) is 2.98. The van der Waals surface area contributed by atoms with E-state index in [1.165, 1.54) is 5.56 Å². The molecule has 0 aromatic heterocycles. The molecule has 1 aromatic carbocycles. The molecular weight excluding hydrogens is 286 g/mol. The Balaban J connectivity index is 1.74. The molecule has 3 rings (SSSR count). The number of benzene rings is 1. The Hall–Kier alpha value is -1.49. The van der Waals surface area contributed by atoms with Gasteiger partial charge in [-0.3, -0.25) is 10.1 Å². The zero-order valence-electron chi connectivity index (χ0n) is 13.0. The second kappa shape index (κ2) is 5.30. The average molecular weight is 308 g/mol. The number of amides is 1. The van der Waals surface area contributed by atoms with Crippen LogP contribution < -0.4 is 5.32 Å². The topological polar surface area (TPSA) is 32.3 Å². The molecule has 0 radical (unpaired) electrons. The molecule has 2 aliphatic rings. The number of hydrogen-bond donors (Lipinski definition) is 1. The molecule has 5 heteroatoms. The van der Waals surface area contributed by atoms with Gasteiger partial charge in [-0.15, -0.1) is 0 Å². The van der Waals surface area contributed by atoms with Crippen LogP contribution >= 0.6 is 0 Å². The molecule has 0 aliphatic carbocycles. The van der Waals surface area contributed by atoms with E-state index in [9.17, 15) is 13.6 Å². The van der Waals surface area contributed by atoms with Gasteiger partial charge in [-0.25, -0.2) is 8.78 Å². The molecule has 22 heavy (non-hydrogen) atoms. The van der Waals surface area contributed by atoms with Gasteiger partial charge in [-0.05, 0) is 11.0 Å². The molecule has 2 atom stereocenters. The van der Waals surface area contributed by atoms with Gasteiger partial charge in [-0.2, -0.15) is 0 Å². The fourth-order valence-corrected chi connectivity index (χ4v) is 3.65. The molecule has 0 bridgehead atoms. The molecule has 120 valence electrons. The van der Waals surface area contributed by atoms with Crippen LogP contribution in [0.1, 0.15) is 31.7 Å². The van der Waals surface area contributed by atoms with Crippen molar-refractivity contribution in [1.82, 2.24) is 10.2 Å². The molecule has 2 aliphatic heterocycles. The number of rotatable bonds is 2. The van der Waals surface area contributed by atoms with Crippen molar-refractivity contribution < 1.29 is 13.6 Å². The van der Waals surface area contributed by atoms with Gasteiger partial charge in [0.25, 0.3) is 5.92 Å². The number of nitrogens with one attached hydrogen (secondary N) is 1. The number of likely N-dealkylation sites (tertiary alicyclic amines) is 1. The minimum absolute atomic E-state index is 0.0574. The van der Waals surface area contributed by atoms with Crippen LogP contribution in [0.15, 0.2) is 30.3 Å². The van der Waals surface area contributed by atoms with Gasteiger partial charge in [0.1, 0.15) is 0 Å². The molecule has 2 saturated heterocycles. The van der Waals surface area contributed by atoms with Crippen molar-refractivity contribution in [1.29, 1.82) is 0 Å². The SMILES string of the molecule is CC1(C)CN(C(=O)C2CC(F)(F)CN2)CC1c1ccccc1. The van der Waals surface area contributed by atoms with Crippen molar-refractivity contribution in [2.45, 2.75) is 38.2 Å². The number of halogens is 2. The molecule has 3 nitrogen and oxygen atoms in total. The number of carbonyl (C=O) groups excluding carboxylic acids is 1. The Kier molecular flexibility index (Phi) is 3.71. The highest BCUT2D eigenvalue weighted by molar-refractivity contribution is 5.83.